The van der Waals surface area contributed by atoms with E-state index in [1.807, 2.05) is 19.1 Å². The van der Waals surface area contributed by atoms with Gasteiger partial charge in [-0.15, -0.1) is 0 Å². The molecule has 0 amide bonds. The second-order valence-electron chi connectivity index (χ2n) is 9.70. The van der Waals surface area contributed by atoms with Crippen LogP contribution in [0.2, 0.25) is 0 Å². The minimum atomic E-state index is -4.50. The number of alkyl halides is 3. The van der Waals surface area contributed by atoms with Crippen LogP contribution in [0.5, 0.6) is 11.5 Å². The van der Waals surface area contributed by atoms with Gasteiger partial charge in [0.05, 0.1) is 19.8 Å². The number of ketones is 1. The summed E-state index contributed by atoms with van der Waals surface area (Å²) in [4.78, 5) is 31.8. The average molecular weight is 576 g/mol. The number of hydrogen-bond acceptors (Lipinski definition) is 7. The van der Waals surface area contributed by atoms with Gasteiger partial charge in [0.25, 0.3) is 0 Å². The summed E-state index contributed by atoms with van der Waals surface area (Å²) in [6.45, 7) is 3.91. The molecule has 10 heteroatoms. The molecule has 0 saturated carbocycles. The highest BCUT2D eigenvalue weighted by Crippen LogP contribution is 2.48. The summed E-state index contributed by atoms with van der Waals surface area (Å²) in [5.74, 6) is -0.0135. The molecule has 0 N–H and O–H groups in total. The molecule has 0 bridgehead atoms. The maximum Gasteiger partial charge on any atom is 0.416 e. The standard InChI is InChI=1S/C30H32F3NO5S/c1-5-40-13-12-39-29(36)26-17(2)34-22-14-20(19-8-11-24(37-3)25(16-19)38-4)15-23(35)28(22)27(26)18-6-9-21(10-7-18)30(31,32)33/h6-11,16,20,26-27H,5,12-15H2,1-4H3/t20-,26?,27-/m0/s1. The van der Waals surface area contributed by atoms with Gasteiger partial charge in [0.1, 0.15) is 12.5 Å². The number of rotatable bonds is 9. The lowest BCUT2D eigenvalue weighted by Gasteiger charge is -2.36. The van der Waals surface area contributed by atoms with E-state index in [1.54, 1.807) is 31.9 Å². The topological polar surface area (TPSA) is 74.2 Å². The summed E-state index contributed by atoms with van der Waals surface area (Å²) in [6, 6.07) is 10.2. The molecule has 6 nitrogen and oxygen atoms in total. The summed E-state index contributed by atoms with van der Waals surface area (Å²) >= 11 is 1.63. The highest BCUT2D eigenvalue weighted by atomic mass is 32.2. The summed E-state index contributed by atoms with van der Waals surface area (Å²) in [6.07, 6.45) is -3.91. The first-order chi connectivity index (χ1) is 19.1. The van der Waals surface area contributed by atoms with E-state index < -0.39 is 29.5 Å². The quantitative estimate of drug-likeness (QED) is 0.248. The number of halogens is 3. The van der Waals surface area contributed by atoms with E-state index in [2.05, 4.69) is 0 Å². The van der Waals surface area contributed by atoms with Crippen molar-refractivity contribution in [3.8, 4) is 11.5 Å². The normalized spacial score (nSPS) is 21.0. The minimum absolute atomic E-state index is 0.162. The van der Waals surface area contributed by atoms with Crippen molar-refractivity contribution in [3.63, 3.8) is 0 Å². The molecule has 40 heavy (non-hydrogen) atoms. The molecule has 1 unspecified atom stereocenters. The Morgan fingerprint density at radius 3 is 2.33 bits per heavy atom. The van der Waals surface area contributed by atoms with Gasteiger partial charge in [-0.1, -0.05) is 25.1 Å². The number of nitrogens with zero attached hydrogens (tertiary/aromatic N) is 1. The van der Waals surface area contributed by atoms with Gasteiger partial charge in [-0.3, -0.25) is 14.6 Å². The van der Waals surface area contributed by atoms with Crippen molar-refractivity contribution in [1.82, 2.24) is 0 Å². The van der Waals surface area contributed by atoms with Crippen LogP contribution in [0.4, 0.5) is 13.2 Å². The van der Waals surface area contributed by atoms with Crippen LogP contribution in [-0.4, -0.2) is 49.8 Å². The largest absolute Gasteiger partial charge is 0.493 e. The lowest BCUT2D eigenvalue weighted by atomic mass is 9.69. The van der Waals surface area contributed by atoms with Crippen LogP contribution in [0.3, 0.4) is 0 Å². The minimum Gasteiger partial charge on any atom is -0.493 e. The highest BCUT2D eigenvalue weighted by molar-refractivity contribution is 7.99. The summed E-state index contributed by atoms with van der Waals surface area (Å²) in [5.41, 5.74) is 1.91. The zero-order chi connectivity index (χ0) is 29.0. The number of aliphatic imine (C=N–C) groups is 1. The van der Waals surface area contributed by atoms with Crippen LogP contribution >= 0.6 is 11.8 Å². The molecule has 0 spiro atoms. The van der Waals surface area contributed by atoms with Crippen LogP contribution in [0.1, 0.15) is 55.2 Å². The molecule has 1 heterocycles. The Morgan fingerprint density at radius 2 is 1.70 bits per heavy atom. The Morgan fingerprint density at radius 1 is 1.02 bits per heavy atom. The summed E-state index contributed by atoms with van der Waals surface area (Å²) < 4.78 is 56.2. The smallest absolute Gasteiger partial charge is 0.416 e. The lowest BCUT2D eigenvalue weighted by molar-refractivity contribution is -0.146. The zero-order valence-electron chi connectivity index (χ0n) is 22.8. The molecule has 4 rings (SSSR count). The van der Waals surface area contributed by atoms with Crippen LogP contribution in [-0.2, 0) is 20.5 Å². The average Bonchev–Trinajstić information content (AvgIpc) is 2.93. The van der Waals surface area contributed by atoms with E-state index in [-0.39, 0.29) is 24.7 Å². The third-order valence-electron chi connectivity index (χ3n) is 7.29. The molecular formula is C30H32F3NO5S. The fourth-order valence-corrected chi connectivity index (χ4v) is 5.87. The van der Waals surface area contributed by atoms with Crippen molar-refractivity contribution < 1.29 is 37.0 Å². The van der Waals surface area contributed by atoms with Gasteiger partial charge < -0.3 is 14.2 Å². The predicted molar refractivity (Wildman–Crippen MR) is 148 cm³/mol. The second-order valence-corrected chi connectivity index (χ2v) is 11.1. The van der Waals surface area contributed by atoms with Gasteiger partial charge in [-0.2, -0.15) is 24.9 Å². The number of esters is 1. The van der Waals surface area contributed by atoms with E-state index in [1.165, 1.54) is 19.2 Å². The van der Waals surface area contributed by atoms with Gasteiger partial charge in [0.15, 0.2) is 17.3 Å². The SMILES string of the molecule is CCSCCOC(=O)C1C(C)=NC2=C(C(=O)C[C@@H](c3ccc(OC)c(OC)c3)C2)[C@H]1c1ccc(C(F)(F)F)cc1. The zero-order valence-corrected chi connectivity index (χ0v) is 23.7. The van der Waals surface area contributed by atoms with Crippen LogP contribution in [0.15, 0.2) is 58.7 Å². The number of thioether (sulfide) groups is 1. The molecule has 214 valence electrons. The van der Waals surface area contributed by atoms with Gasteiger partial charge in [0.2, 0.25) is 0 Å². The lowest BCUT2D eigenvalue weighted by Crippen LogP contribution is -2.38. The van der Waals surface area contributed by atoms with Crippen molar-refractivity contribution in [2.75, 3.05) is 32.3 Å². The Bertz CT molecular complexity index is 1320. The fraction of sp³-hybridized carbons (Fsp3) is 0.433. The second kappa shape index (κ2) is 12.5. The Labute approximate surface area is 236 Å². The van der Waals surface area contributed by atoms with E-state index in [0.717, 1.165) is 23.4 Å². The van der Waals surface area contributed by atoms with Crippen molar-refractivity contribution in [3.05, 3.63) is 70.4 Å². The van der Waals surface area contributed by atoms with E-state index >= 15 is 0 Å². The van der Waals surface area contributed by atoms with Gasteiger partial charge in [-0.05, 0) is 60.4 Å². The van der Waals surface area contributed by atoms with Gasteiger partial charge in [-0.25, -0.2) is 0 Å². The molecule has 0 aromatic heterocycles. The van der Waals surface area contributed by atoms with Crippen LogP contribution < -0.4 is 9.47 Å². The Hall–Kier alpha value is -3.27. The number of benzene rings is 2. The summed E-state index contributed by atoms with van der Waals surface area (Å²) in [5, 5.41) is 0. The molecule has 1 aliphatic carbocycles. The molecule has 2 aromatic rings. The van der Waals surface area contributed by atoms with Crippen LogP contribution in [0.25, 0.3) is 0 Å². The van der Waals surface area contributed by atoms with E-state index in [0.29, 0.717) is 46.2 Å². The molecule has 2 aromatic carbocycles. The molecule has 1 aliphatic heterocycles. The molecule has 2 aliphatic rings. The third kappa shape index (κ3) is 6.22. The monoisotopic (exact) mass is 575 g/mol. The fourth-order valence-electron chi connectivity index (χ4n) is 5.38. The molecule has 0 radical (unpaired) electrons. The molecular weight excluding hydrogens is 543 g/mol. The third-order valence-corrected chi connectivity index (χ3v) is 8.16. The number of methoxy groups -OCH3 is 2. The van der Waals surface area contributed by atoms with Gasteiger partial charge >= 0.3 is 12.1 Å². The molecule has 3 atom stereocenters. The number of carbonyl (C=O) groups is 2. The van der Waals surface area contributed by atoms with E-state index in [9.17, 15) is 22.8 Å². The first kappa shape index (κ1) is 29.7. The first-order valence-electron chi connectivity index (χ1n) is 13.0. The van der Waals surface area contributed by atoms with E-state index in [4.69, 9.17) is 19.2 Å². The number of allylic oxidation sites excluding steroid dienone is 2. The number of Topliss-reactive ketones (excluding diaryl/α,β-unsaturated/α-hetero) is 1. The number of ether oxygens (including phenoxy) is 3. The highest BCUT2D eigenvalue weighted by Gasteiger charge is 2.45. The molecule has 0 saturated heterocycles. The summed E-state index contributed by atoms with van der Waals surface area (Å²) in [7, 11) is 3.08. The van der Waals surface area contributed by atoms with Crippen molar-refractivity contribution in [2.24, 2.45) is 10.9 Å². The van der Waals surface area contributed by atoms with Gasteiger partial charge in [0, 0.05) is 35.1 Å². The maximum absolute atomic E-state index is 13.8. The van der Waals surface area contributed by atoms with Crippen molar-refractivity contribution in [2.45, 2.75) is 44.7 Å². The maximum atomic E-state index is 13.8. The number of hydrogen-bond donors (Lipinski definition) is 0. The predicted octanol–water partition coefficient (Wildman–Crippen LogP) is 6.59. The number of carbonyl (C=O) groups excluding carboxylic acids is 2. The molecule has 0 fully saturated rings. The Kier molecular flexibility index (Phi) is 9.28. The van der Waals surface area contributed by atoms with Crippen molar-refractivity contribution >= 4 is 29.2 Å². The first-order valence-corrected chi connectivity index (χ1v) is 14.2. The van der Waals surface area contributed by atoms with Crippen molar-refractivity contribution in [1.29, 1.82) is 0 Å². The van der Waals surface area contributed by atoms with Crippen LogP contribution in [0, 0.1) is 5.92 Å². The Balaban J connectivity index is 1.73.